The Hall–Kier alpha value is -2.99. The Kier molecular flexibility index (Phi) is 4.98. The molecule has 1 aliphatic rings. The standard InChI is InChI=1S/C21H23N5O/c1-2-25-11-13-26(14-12-25)21(27)19-9-8-17(15-23-19)24-18-7-3-5-16-6-4-10-22-20(16)18/h3-10,15,24H,2,11-14H2,1H3. The quantitative estimate of drug-likeness (QED) is 0.773. The van der Waals surface area contributed by atoms with Crippen molar-refractivity contribution in [2.45, 2.75) is 6.92 Å². The van der Waals surface area contributed by atoms with Crippen LogP contribution in [0.4, 0.5) is 11.4 Å². The summed E-state index contributed by atoms with van der Waals surface area (Å²) in [4.78, 5) is 25.7. The van der Waals surface area contributed by atoms with Crippen LogP contribution in [0.2, 0.25) is 0 Å². The number of nitrogens with zero attached hydrogens (tertiary/aromatic N) is 4. The van der Waals surface area contributed by atoms with Crippen LogP contribution in [0.3, 0.4) is 0 Å². The maximum Gasteiger partial charge on any atom is 0.272 e. The maximum absolute atomic E-state index is 12.7. The lowest BCUT2D eigenvalue weighted by Crippen LogP contribution is -2.48. The lowest BCUT2D eigenvalue weighted by molar-refractivity contribution is 0.0637. The van der Waals surface area contributed by atoms with Crippen LogP contribution in [0.25, 0.3) is 10.9 Å². The second kappa shape index (κ2) is 7.72. The number of fused-ring (bicyclic) bond motifs is 1. The number of likely N-dealkylation sites (N-methyl/N-ethyl adjacent to an activating group) is 1. The number of pyridine rings is 2. The molecule has 6 heteroatoms. The second-order valence-electron chi connectivity index (χ2n) is 6.66. The lowest BCUT2D eigenvalue weighted by atomic mass is 10.2. The first-order valence-electron chi connectivity index (χ1n) is 9.33. The number of hydrogen-bond donors (Lipinski definition) is 1. The summed E-state index contributed by atoms with van der Waals surface area (Å²) in [6.45, 7) is 6.55. The minimum atomic E-state index is 0.00382. The van der Waals surface area contributed by atoms with Gasteiger partial charge in [-0.15, -0.1) is 0 Å². The molecule has 1 saturated heterocycles. The molecule has 1 amide bonds. The van der Waals surface area contributed by atoms with Crippen molar-refractivity contribution in [1.82, 2.24) is 19.8 Å². The van der Waals surface area contributed by atoms with E-state index < -0.39 is 0 Å². The summed E-state index contributed by atoms with van der Waals surface area (Å²) in [5.41, 5.74) is 3.15. The van der Waals surface area contributed by atoms with Gasteiger partial charge in [0.1, 0.15) is 5.69 Å². The van der Waals surface area contributed by atoms with Gasteiger partial charge in [0, 0.05) is 37.8 Å². The summed E-state index contributed by atoms with van der Waals surface area (Å²) >= 11 is 0. The first-order valence-corrected chi connectivity index (χ1v) is 9.33. The summed E-state index contributed by atoms with van der Waals surface area (Å²) < 4.78 is 0. The van der Waals surface area contributed by atoms with Gasteiger partial charge < -0.3 is 15.1 Å². The van der Waals surface area contributed by atoms with Crippen molar-refractivity contribution in [3.8, 4) is 0 Å². The molecule has 4 rings (SSSR count). The van der Waals surface area contributed by atoms with Crippen LogP contribution in [0.5, 0.6) is 0 Å². The SMILES string of the molecule is CCN1CCN(C(=O)c2ccc(Nc3cccc4cccnc34)cn2)CC1. The van der Waals surface area contributed by atoms with E-state index >= 15 is 0 Å². The molecule has 0 bridgehead atoms. The number of piperazine rings is 1. The van der Waals surface area contributed by atoms with Gasteiger partial charge in [0.25, 0.3) is 5.91 Å². The number of aromatic nitrogens is 2. The highest BCUT2D eigenvalue weighted by atomic mass is 16.2. The molecule has 2 aromatic heterocycles. The summed E-state index contributed by atoms with van der Waals surface area (Å²) in [5, 5.41) is 4.43. The summed E-state index contributed by atoms with van der Waals surface area (Å²) in [6.07, 6.45) is 3.49. The Morgan fingerprint density at radius 3 is 2.59 bits per heavy atom. The molecular formula is C21H23N5O. The van der Waals surface area contributed by atoms with Crippen LogP contribution in [0, 0.1) is 0 Å². The number of rotatable bonds is 4. The van der Waals surface area contributed by atoms with E-state index in [2.05, 4.69) is 27.1 Å². The highest BCUT2D eigenvalue weighted by Crippen LogP contribution is 2.24. The van der Waals surface area contributed by atoms with E-state index in [-0.39, 0.29) is 5.91 Å². The average Bonchev–Trinajstić information content (AvgIpc) is 2.74. The molecule has 1 N–H and O–H groups in total. The molecule has 0 unspecified atom stereocenters. The van der Waals surface area contributed by atoms with Crippen LogP contribution >= 0.6 is 0 Å². The molecule has 0 aliphatic carbocycles. The van der Waals surface area contributed by atoms with Gasteiger partial charge in [0.15, 0.2) is 0 Å². The number of para-hydroxylation sites is 1. The smallest absolute Gasteiger partial charge is 0.272 e. The van der Waals surface area contributed by atoms with E-state index in [1.54, 1.807) is 18.5 Å². The third-order valence-electron chi connectivity index (χ3n) is 5.00. The van der Waals surface area contributed by atoms with Crippen molar-refractivity contribution in [3.63, 3.8) is 0 Å². The summed E-state index contributed by atoms with van der Waals surface area (Å²) in [7, 11) is 0. The van der Waals surface area contributed by atoms with E-state index in [0.717, 1.165) is 55.0 Å². The van der Waals surface area contributed by atoms with E-state index in [0.29, 0.717) is 5.69 Å². The topological polar surface area (TPSA) is 61.4 Å². The molecule has 0 radical (unpaired) electrons. The van der Waals surface area contributed by atoms with Gasteiger partial charge in [-0.2, -0.15) is 0 Å². The number of carbonyl (C=O) groups is 1. The zero-order valence-corrected chi connectivity index (χ0v) is 15.4. The number of amides is 1. The monoisotopic (exact) mass is 361 g/mol. The first-order chi connectivity index (χ1) is 13.2. The Bertz CT molecular complexity index is 927. The number of carbonyl (C=O) groups excluding carboxylic acids is 1. The molecule has 1 aliphatic heterocycles. The highest BCUT2D eigenvalue weighted by molar-refractivity contribution is 5.93. The van der Waals surface area contributed by atoms with Crippen LogP contribution in [-0.2, 0) is 0 Å². The van der Waals surface area contributed by atoms with Gasteiger partial charge in [0.05, 0.1) is 23.1 Å². The van der Waals surface area contributed by atoms with Crippen molar-refractivity contribution in [1.29, 1.82) is 0 Å². The number of anilines is 2. The third-order valence-corrected chi connectivity index (χ3v) is 5.00. The predicted octanol–water partition coefficient (Wildman–Crippen LogP) is 3.15. The Morgan fingerprint density at radius 1 is 1.04 bits per heavy atom. The molecular weight excluding hydrogens is 338 g/mol. The summed E-state index contributed by atoms with van der Waals surface area (Å²) in [6, 6.07) is 13.7. The first kappa shape index (κ1) is 17.4. The van der Waals surface area contributed by atoms with Gasteiger partial charge in [-0.3, -0.25) is 9.78 Å². The molecule has 3 aromatic rings. The van der Waals surface area contributed by atoms with Gasteiger partial charge >= 0.3 is 0 Å². The normalized spacial score (nSPS) is 15.1. The summed E-state index contributed by atoms with van der Waals surface area (Å²) in [5.74, 6) is 0.00382. The molecule has 6 nitrogen and oxygen atoms in total. The Balaban J connectivity index is 1.47. The third kappa shape index (κ3) is 3.75. The minimum Gasteiger partial charge on any atom is -0.352 e. The van der Waals surface area contributed by atoms with Crippen LogP contribution in [-0.4, -0.2) is 58.4 Å². The fraction of sp³-hybridized carbons (Fsp3) is 0.286. The number of benzene rings is 1. The molecule has 138 valence electrons. The van der Waals surface area contributed by atoms with Gasteiger partial charge in [-0.05, 0) is 30.8 Å². The molecule has 1 aromatic carbocycles. The Labute approximate surface area is 158 Å². The molecule has 27 heavy (non-hydrogen) atoms. The van der Waals surface area contributed by atoms with Gasteiger partial charge in [-0.1, -0.05) is 25.1 Å². The van der Waals surface area contributed by atoms with Crippen molar-refractivity contribution in [2.24, 2.45) is 0 Å². The fourth-order valence-electron chi connectivity index (χ4n) is 3.38. The molecule has 0 atom stereocenters. The fourth-order valence-corrected chi connectivity index (χ4v) is 3.38. The van der Waals surface area contributed by atoms with E-state index in [4.69, 9.17) is 0 Å². The van der Waals surface area contributed by atoms with Crippen molar-refractivity contribution < 1.29 is 4.79 Å². The van der Waals surface area contributed by atoms with E-state index in [1.165, 1.54) is 0 Å². The van der Waals surface area contributed by atoms with Crippen molar-refractivity contribution in [3.05, 3.63) is 60.6 Å². The number of hydrogen-bond acceptors (Lipinski definition) is 5. The van der Waals surface area contributed by atoms with Gasteiger partial charge in [0.2, 0.25) is 0 Å². The Morgan fingerprint density at radius 2 is 1.85 bits per heavy atom. The zero-order valence-electron chi connectivity index (χ0n) is 15.4. The second-order valence-corrected chi connectivity index (χ2v) is 6.66. The molecule has 0 spiro atoms. The zero-order chi connectivity index (χ0) is 18.6. The van der Waals surface area contributed by atoms with E-state index in [1.807, 2.05) is 41.3 Å². The average molecular weight is 361 g/mol. The number of nitrogens with one attached hydrogen (secondary N) is 1. The minimum absolute atomic E-state index is 0.00382. The highest BCUT2D eigenvalue weighted by Gasteiger charge is 2.22. The van der Waals surface area contributed by atoms with Gasteiger partial charge in [-0.25, -0.2) is 4.98 Å². The molecule has 3 heterocycles. The molecule has 1 fully saturated rings. The van der Waals surface area contributed by atoms with Crippen LogP contribution in [0.1, 0.15) is 17.4 Å². The van der Waals surface area contributed by atoms with Crippen LogP contribution in [0.15, 0.2) is 54.9 Å². The van der Waals surface area contributed by atoms with Crippen molar-refractivity contribution in [2.75, 3.05) is 38.0 Å². The lowest BCUT2D eigenvalue weighted by Gasteiger charge is -2.33. The predicted molar refractivity (Wildman–Crippen MR) is 107 cm³/mol. The molecule has 0 saturated carbocycles. The maximum atomic E-state index is 12.7. The van der Waals surface area contributed by atoms with Crippen LogP contribution < -0.4 is 5.32 Å². The van der Waals surface area contributed by atoms with Crippen molar-refractivity contribution >= 4 is 28.2 Å². The van der Waals surface area contributed by atoms with E-state index in [9.17, 15) is 4.79 Å². The largest absolute Gasteiger partial charge is 0.352 e.